The van der Waals surface area contributed by atoms with Crippen LogP contribution in [-0.2, 0) is 4.79 Å². The lowest BCUT2D eigenvalue weighted by Crippen LogP contribution is -2.40. The zero-order valence-electron chi connectivity index (χ0n) is 8.77. The Morgan fingerprint density at radius 2 is 2.44 bits per heavy atom. The molecule has 0 fully saturated rings. The number of amides is 1. The van der Waals surface area contributed by atoms with Gasteiger partial charge in [-0.15, -0.1) is 17.9 Å². The Bertz CT molecular complexity index is 414. The molecule has 0 aliphatic rings. The van der Waals surface area contributed by atoms with Gasteiger partial charge in [-0.05, 0) is 13.3 Å². The molecule has 86 valence electrons. The van der Waals surface area contributed by atoms with E-state index in [4.69, 9.17) is 5.11 Å². The molecule has 1 heterocycles. The summed E-state index contributed by atoms with van der Waals surface area (Å²) in [4.78, 5) is 26.8. The van der Waals surface area contributed by atoms with Crippen LogP contribution in [0.25, 0.3) is 0 Å². The van der Waals surface area contributed by atoms with E-state index in [0.29, 0.717) is 10.6 Å². The summed E-state index contributed by atoms with van der Waals surface area (Å²) >= 11 is 1.19. The minimum Gasteiger partial charge on any atom is -0.480 e. The summed E-state index contributed by atoms with van der Waals surface area (Å²) in [6.45, 7) is 5.15. The molecule has 0 aliphatic heterocycles. The predicted molar refractivity (Wildman–Crippen MR) is 60.6 cm³/mol. The van der Waals surface area contributed by atoms with Crippen molar-refractivity contribution in [2.75, 3.05) is 0 Å². The summed E-state index contributed by atoms with van der Waals surface area (Å²) in [5, 5.41) is 11.3. The highest BCUT2D eigenvalue weighted by Gasteiger charge is 2.20. The maximum Gasteiger partial charge on any atom is 0.326 e. The summed E-state index contributed by atoms with van der Waals surface area (Å²) < 4.78 is 0. The molecule has 0 bridgehead atoms. The number of aliphatic carboxylic acids is 1. The predicted octanol–water partition coefficient (Wildman–Crippen LogP) is 1.21. The number of carbonyl (C=O) groups is 2. The van der Waals surface area contributed by atoms with Gasteiger partial charge in [0.2, 0.25) is 0 Å². The van der Waals surface area contributed by atoms with Crippen LogP contribution in [0.1, 0.15) is 21.8 Å². The van der Waals surface area contributed by atoms with E-state index in [9.17, 15) is 9.59 Å². The van der Waals surface area contributed by atoms with Crippen molar-refractivity contribution < 1.29 is 14.7 Å². The third-order valence-electron chi connectivity index (χ3n) is 1.96. The van der Waals surface area contributed by atoms with E-state index in [0.717, 1.165) is 0 Å². The maximum absolute atomic E-state index is 11.7. The van der Waals surface area contributed by atoms with Crippen molar-refractivity contribution in [1.29, 1.82) is 0 Å². The zero-order valence-corrected chi connectivity index (χ0v) is 9.58. The van der Waals surface area contributed by atoms with Gasteiger partial charge in [-0.2, -0.15) is 0 Å². The van der Waals surface area contributed by atoms with Crippen LogP contribution < -0.4 is 5.32 Å². The Kier molecular flexibility index (Phi) is 4.19. The maximum atomic E-state index is 11.7. The molecule has 1 unspecified atom stereocenters. The van der Waals surface area contributed by atoms with Crippen molar-refractivity contribution in [3.05, 3.63) is 28.7 Å². The first-order chi connectivity index (χ1) is 7.56. The van der Waals surface area contributed by atoms with E-state index in [1.54, 1.807) is 12.4 Å². The first-order valence-electron chi connectivity index (χ1n) is 4.61. The Balaban J connectivity index is 2.72. The van der Waals surface area contributed by atoms with E-state index >= 15 is 0 Å². The molecular formula is C10H12N2O3S. The average Bonchev–Trinajstić information content (AvgIpc) is 2.63. The van der Waals surface area contributed by atoms with Gasteiger partial charge >= 0.3 is 5.97 Å². The lowest BCUT2D eigenvalue weighted by atomic mass is 10.2. The van der Waals surface area contributed by atoms with Crippen LogP contribution in [0.2, 0.25) is 0 Å². The number of hydrogen-bond donors (Lipinski definition) is 2. The average molecular weight is 240 g/mol. The number of thiazole rings is 1. The zero-order chi connectivity index (χ0) is 12.1. The Hall–Kier alpha value is -1.69. The molecule has 0 saturated carbocycles. The Morgan fingerprint density at radius 3 is 2.88 bits per heavy atom. The Labute approximate surface area is 96.8 Å². The standard InChI is InChI=1S/C10H12N2O3S/c1-3-4-7(10(14)15)12-9(13)8-6(2)11-5-16-8/h3,5,7H,1,4H2,2H3,(H,12,13)(H,14,15). The van der Waals surface area contributed by atoms with Gasteiger partial charge in [0.15, 0.2) is 0 Å². The molecular weight excluding hydrogens is 228 g/mol. The number of nitrogens with zero attached hydrogens (tertiary/aromatic N) is 1. The molecule has 0 spiro atoms. The number of carboxylic acids is 1. The number of aromatic nitrogens is 1. The minimum atomic E-state index is -1.07. The Morgan fingerprint density at radius 1 is 1.75 bits per heavy atom. The third-order valence-corrected chi connectivity index (χ3v) is 2.88. The van der Waals surface area contributed by atoms with Gasteiger partial charge in [-0.25, -0.2) is 9.78 Å². The van der Waals surface area contributed by atoms with Gasteiger partial charge in [-0.3, -0.25) is 4.79 Å². The lowest BCUT2D eigenvalue weighted by Gasteiger charge is -2.11. The SMILES string of the molecule is C=CCC(NC(=O)c1scnc1C)C(=O)O. The summed E-state index contributed by atoms with van der Waals surface area (Å²) in [7, 11) is 0. The van der Waals surface area contributed by atoms with Crippen molar-refractivity contribution in [1.82, 2.24) is 10.3 Å². The second-order valence-electron chi connectivity index (χ2n) is 3.16. The molecule has 0 aliphatic carbocycles. The van der Waals surface area contributed by atoms with Gasteiger partial charge < -0.3 is 10.4 Å². The van der Waals surface area contributed by atoms with Gasteiger partial charge in [0.1, 0.15) is 10.9 Å². The number of hydrogen-bond acceptors (Lipinski definition) is 4. The van der Waals surface area contributed by atoms with E-state index in [2.05, 4.69) is 16.9 Å². The fraction of sp³-hybridized carbons (Fsp3) is 0.300. The van der Waals surface area contributed by atoms with Crippen LogP contribution in [0.3, 0.4) is 0 Å². The molecule has 0 aromatic carbocycles. The lowest BCUT2D eigenvalue weighted by molar-refractivity contribution is -0.139. The summed E-state index contributed by atoms with van der Waals surface area (Å²) in [5.74, 6) is -1.48. The number of carboxylic acid groups (broad SMARTS) is 1. The second-order valence-corrected chi connectivity index (χ2v) is 4.01. The summed E-state index contributed by atoms with van der Waals surface area (Å²) in [5.41, 5.74) is 2.15. The van der Waals surface area contributed by atoms with E-state index in [1.165, 1.54) is 17.4 Å². The first kappa shape index (κ1) is 12.4. The van der Waals surface area contributed by atoms with Crippen LogP contribution >= 0.6 is 11.3 Å². The number of aryl methyl sites for hydroxylation is 1. The quantitative estimate of drug-likeness (QED) is 0.758. The molecule has 1 atom stereocenters. The molecule has 0 saturated heterocycles. The van der Waals surface area contributed by atoms with Crippen molar-refractivity contribution in [3.63, 3.8) is 0 Å². The second kappa shape index (κ2) is 5.41. The number of nitrogens with one attached hydrogen (secondary N) is 1. The monoisotopic (exact) mass is 240 g/mol. The van der Waals surface area contributed by atoms with Gasteiger partial charge in [0.05, 0.1) is 11.2 Å². The fourth-order valence-corrected chi connectivity index (χ4v) is 1.84. The van der Waals surface area contributed by atoms with Crippen molar-refractivity contribution >= 4 is 23.2 Å². The topological polar surface area (TPSA) is 79.3 Å². The van der Waals surface area contributed by atoms with Crippen molar-refractivity contribution in [3.8, 4) is 0 Å². The molecule has 6 heteroatoms. The highest BCUT2D eigenvalue weighted by molar-refractivity contribution is 7.11. The van der Waals surface area contributed by atoms with E-state index in [-0.39, 0.29) is 6.42 Å². The molecule has 1 aromatic heterocycles. The fourth-order valence-electron chi connectivity index (χ4n) is 1.13. The van der Waals surface area contributed by atoms with Crippen LogP contribution in [0.4, 0.5) is 0 Å². The molecule has 5 nitrogen and oxygen atoms in total. The largest absolute Gasteiger partial charge is 0.480 e. The van der Waals surface area contributed by atoms with Gasteiger partial charge in [0.25, 0.3) is 5.91 Å². The first-order valence-corrected chi connectivity index (χ1v) is 5.49. The molecule has 1 aromatic rings. The van der Waals surface area contributed by atoms with E-state index in [1.807, 2.05) is 0 Å². The number of carbonyl (C=O) groups excluding carboxylic acids is 1. The molecule has 16 heavy (non-hydrogen) atoms. The normalized spacial score (nSPS) is 11.8. The highest BCUT2D eigenvalue weighted by Crippen LogP contribution is 2.12. The van der Waals surface area contributed by atoms with Gasteiger partial charge in [0, 0.05) is 0 Å². The molecule has 1 amide bonds. The molecule has 1 rings (SSSR count). The minimum absolute atomic E-state index is 0.193. The van der Waals surface area contributed by atoms with Gasteiger partial charge in [-0.1, -0.05) is 6.08 Å². The van der Waals surface area contributed by atoms with Crippen LogP contribution in [0.15, 0.2) is 18.2 Å². The smallest absolute Gasteiger partial charge is 0.326 e. The third kappa shape index (κ3) is 2.90. The summed E-state index contributed by atoms with van der Waals surface area (Å²) in [6.07, 6.45) is 1.65. The molecule has 0 radical (unpaired) electrons. The highest BCUT2D eigenvalue weighted by atomic mass is 32.1. The summed E-state index contributed by atoms with van der Waals surface area (Å²) in [6, 6.07) is -0.938. The number of rotatable bonds is 5. The molecule has 2 N–H and O–H groups in total. The van der Waals surface area contributed by atoms with Crippen LogP contribution in [0, 0.1) is 6.92 Å². The van der Waals surface area contributed by atoms with Crippen molar-refractivity contribution in [2.24, 2.45) is 0 Å². The van der Waals surface area contributed by atoms with Crippen LogP contribution in [0.5, 0.6) is 0 Å². The van der Waals surface area contributed by atoms with Crippen molar-refractivity contribution in [2.45, 2.75) is 19.4 Å². The van der Waals surface area contributed by atoms with E-state index < -0.39 is 17.9 Å². The van der Waals surface area contributed by atoms with Crippen LogP contribution in [-0.4, -0.2) is 28.0 Å².